The van der Waals surface area contributed by atoms with E-state index in [1.165, 1.54) is 0 Å². The SMILES string of the molecule is CCCN=C(C)C(C)C(C)=O. The van der Waals surface area contributed by atoms with Crippen LogP contribution in [0.5, 0.6) is 0 Å². The molecule has 0 saturated heterocycles. The highest BCUT2D eigenvalue weighted by molar-refractivity contribution is 6.02. The predicted octanol–water partition coefficient (Wildman–Crippen LogP) is 2.08. The number of rotatable bonds is 4. The van der Waals surface area contributed by atoms with Gasteiger partial charge in [0.05, 0.1) is 5.92 Å². The van der Waals surface area contributed by atoms with E-state index in [1.54, 1.807) is 6.92 Å². The molecule has 64 valence electrons. The highest BCUT2D eigenvalue weighted by Crippen LogP contribution is 2.00. The molecule has 0 heterocycles. The smallest absolute Gasteiger partial charge is 0.138 e. The maximum absolute atomic E-state index is 10.9. The normalized spacial score (nSPS) is 14.7. The number of hydrogen-bond acceptors (Lipinski definition) is 2. The average Bonchev–Trinajstić information content (AvgIpc) is 1.98. The molecule has 0 fully saturated rings. The molecule has 0 spiro atoms. The van der Waals surface area contributed by atoms with Crippen molar-refractivity contribution in [1.29, 1.82) is 0 Å². The lowest BCUT2D eigenvalue weighted by Crippen LogP contribution is -2.15. The van der Waals surface area contributed by atoms with Gasteiger partial charge in [0.2, 0.25) is 0 Å². The summed E-state index contributed by atoms with van der Waals surface area (Å²) in [7, 11) is 0. The predicted molar refractivity (Wildman–Crippen MR) is 48.1 cm³/mol. The van der Waals surface area contributed by atoms with Crippen LogP contribution in [0.25, 0.3) is 0 Å². The minimum atomic E-state index is 0.00144. The van der Waals surface area contributed by atoms with Crippen LogP contribution < -0.4 is 0 Å². The molecule has 2 nitrogen and oxygen atoms in total. The summed E-state index contributed by atoms with van der Waals surface area (Å²) < 4.78 is 0. The molecule has 0 radical (unpaired) electrons. The van der Waals surface area contributed by atoms with Crippen molar-refractivity contribution in [3.8, 4) is 0 Å². The summed E-state index contributed by atoms with van der Waals surface area (Å²) in [4.78, 5) is 15.1. The molecule has 0 aliphatic rings. The molecule has 0 bridgehead atoms. The summed E-state index contributed by atoms with van der Waals surface area (Å²) in [6.45, 7) is 8.34. The van der Waals surface area contributed by atoms with Crippen molar-refractivity contribution in [2.24, 2.45) is 10.9 Å². The number of carbonyl (C=O) groups excluding carboxylic acids is 1. The van der Waals surface area contributed by atoms with E-state index in [-0.39, 0.29) is 11.7 Å². The lowest BCUT2D eigenvalue weighted by atomic mass is 10.0. The van der Waals surface area contributed by atoms with Crippen molar-refractivity contribution in [2.45, 2.75) is 34.1 Å². The van der Waals surface area contributed by atoms with Crippen LogP contribution in [0.3, 0.4) is 0 Å². The third-order valence-corrected chi connectivity index (χ3v) is 1.82. The number of aliphatic imine (C=N–C) groups is 1. The van der Waals surface area contributed by atoms with Gasteiger partial charge in [0.1, 0.15) is 5.78 Å². The van der Waals surface area contributed by atoms with E-state index < -0.39 is 0 Å². The zero-order valence-electron chi connectivity index (χ0n) is 7.85. The van der Waals surface area contributed by atoms with Gasteiger partial charge in [0.15, 0.2) is 0 Å². The van der Waals surface area contributed by atoms with Gasteiger partial charge in [0.25, 0.3) is 0 Å². The zero-order valence-corrected chi connectivity index (χ0v) is 7.85. The van der Waals surface area contributed by atoms with Crippen molar-refractivity contribution >= 4 is 11.5 Å². The first-order valence-corrected chi connectivity index (χ1v) is 4.11. The van der Waals surface area contributed by atoms with Crippen molar-refractivity contribution in [2.75, 3.05) is 6.54 Å². The van der Waals surface area contributed by atoms with Gasteiger partial charge in [-0.05, 0) is 20.3 Å². The van der Waals surface area contributed by atoms with Gasteiger partial charge in [-0.1, -0.05) is 13.8 Å². The third-order valence-electron chi connectivity index (χ3n) is 1.82. The molecule has 11 heavy (non-hydrogen) atoms. The minimum absolute atomic E-state index is 0.00144. The molecule has 2 heteroatoms. The fraction of sp³-hybridized carbons (Fsp3) is 0.778. The van der Waals surface area contributed by atoms with Gasteiger partial charge in [-0.15, -0.1) is 0 Å². The standard InChI is InChI=1S/C9H17NO/c1-5-6-10-8(3)7(2)9(4)11/h7H,5-6H2,1-4H3. The van der Waals surface area contributed by atoms with Crippen molar-refractivity contribution in [3.05, 3.63) is 0 Å². The third kappa shape index (κ3) is 3.91. The summed E-state index contributed by atoms with van der Waals surface area (Å²) >= 11 is 0. The van der Waals surface area contributed by atoms with E-state index in [2.05, 4.69) is 11.9 Å². The van der Waals surface area contributed by atoms with Crippen molar-refractivity contribution in [1.82, 2.24) is 0 Å². The number of carbonyl (C=O) groups is 1. The Morgan fingerprint density at radius 1 is 1.45 bits per heavy atom. The zero-order chi connectivity index (χ0) is 8.85. The summed E-state index contributed by atoms with van der Waals surface area (Å²) in [5, 5.41) is 0. The Balaban J connectivity index is 4.00. The quantitative estimate of drug-likeness (QED) is 0.571. The van der Waals surface area contributed by atoms with E-state index in [4.69, 9.17) is 0 Å². The highest BCUT2D eigenvalue weighted by Gasteiger charge is 2.09. The summed E-state index contributed by atoms with van der Waals surface area (Å²) in [6, 6.07) is 0. The largest absolute Gasteiger partial charge is 0.299 e. The molecule has 0 amide bonds. The fourth-order valence-electron chi connectivity index (χ4n) is 0.719. The van der Waals surface area contributed by atoms with Crippen LogP contribution >= 0.6 is 0 Å². The van der Waals surface area contributed by atoms with Gasteiger partial charge in [-0.2, -0.15) is 0 Å². The summed E-state index contributed by atoms with van der Waals surface area (Å²) in [5.74, 6) is 0.198. The monoisotopic (exact) mass is 155 g/mol. The van der Waals surface area contributed by atoms with Gasteiger partial charge >= 0.3 is 0 Å². The number of ketones is 1. The van der Waals surface area contributed by atoms with Crippen LogP contribution in [0, 0.1) is 5.92 Å². The second kappa shape index (κ2) is 5.05. The van der Waals surface area contributed by atoms with E-state index in [9.17, 15) is 4.79 Å². The van der Waals surface area contributed by atoms with Crippen molar-refractivity contribution in [3.63, 3.8) is 0 Å². The molecule has 0 aromatic carbocycles. The average molecular weight is 155 g/mol. The maximum Gasteiger partial charge on any atom is 0.138 e. The molecule has 0 rings (SSSR count). The lowest BCUT2D eigenvalue weighted by molar-refractivity contribution is -0.118. The van der Waals surface area contributed by atoms with E-state index in [0.29, 0.717) is 0 Å². The molecule has 0 aromatic heterocycles. The highest BCUT2D eigenvalue weighted by atomic mass is 16.1. The second-order valence-electron chi connectivity index (χ2n) is 2.86. The van der Waals surface area contributed by atoms with Crippen LogP contribution in [0.1, 0.15) is 34.1 Å². The van der Waals surface area contributed by atoms with Crippen molar-refractivity contribution < 1.29 is 4.79 Å². The molecule has 0 aliphatic carbocycles. The first-order chi connectivity index (χ1) is 5.09. The Morgan fingerprint density at radius 3 is 2.36 bits per heavy atom. The minimum Gasteiger partial charge on any atom is -0.299 e. The van der Waals surface area contributed by atoms with Crippen LogP contribution in [-0.4, -0.2) is 18.0 Å². The number of nitrogens with zero attached hydrogens (tertiary/aromatic N) is 1. The van der Waals surface area contributed by atoms with Crippen LogP contribution in [0.4, 0.5) is 0 Å². The summed E-state index contributed by atoms with van der Waals surface area (Å²) in [6.07, 6.45) is 1.04. The lowest BCUT2D eigenvalue weighted by Gasteiger charge is -2.05. The molecule has 0 aromatic rings. The Hall–Kier alpha value is -0.660. The molecule has 0 saturated carbocycles. The first-order valence-electron chi connectivity index (χ1n) is 4.11. The van der Waals surface area contributed by atoms with E-state index >= 15 is 0 Å². The molecular weight excluding hydrogens is 138 g/mol. The molecule has 1 unspecified atom stereocenters. The van der Waals surface area contributed by atoms with Gasteiger partial charge < -0.3 is 0 Å². The van der Waals surface area contributed by atoms with Crippen LogP contribution in [0.15, 0.2) is 4.99 Å². The Bertz CT molecular complexity index is 161. The van der Waals surface area contributed by atoms with Crippen LogP contribution in [-0.2, 0) is 4.79 Å². The van der Waals surface area contributed by atoms with E-state index in [0.717, 1.165) is 18.7 Å². The van der Waals surface area contributed by atoms with E-state index in [1.807, 2.05) is 13.8 Å². The second-order valence-corrected chi connectivity index (χ2v) is 2.86. The van der Waals surface area contributed by atoms with Gasteiger partial charge in [-0.3, -0.25) is 9.79 Å². The Labute approximate surface area is 68.7 Å². The molecule has 1 atom stereocenters. The first kappa shape index (κ1) is 10.3. The maximum atomic E-state index is 10.9. The van der Waals surface area contributed by atoms with Gasteiger partial charge in [0, 0.05) is 12.3 Å². The van der Waals surface area contributed by atoms with Crippen LogP contribution in [0.2, 0.25) is 0 Å². The molecule has 0 N–H and O–H groups in total. The topological polar surface area (TPSA) is 29.4 Å². The molecule has 0 aliphatic heterocycles. The molecular formula is C9H17NO. The Morgan fingerprint density at radius 2 is 2.00 bits per heavy atom. The number of hydrogen-bond donors (Lipinski definition) is 0. The summed E-state index contributed by atoms with van der Waals surface area (Å²) in [5.41, 5.74) is 0.958. The Kier molecular flexibility index (Phi) is 4.75. The number of Topliss-reactive ketones (excluding diaryl/α,β-unsaturated/α-hetero) is 1. The van der Waals surface area contributed by atoms with Gasteiger partial charge in [-0.25, -0.2) is 0 Å². The fourth-order valence-corrected chi connectivity index (χ4v) is 0.719.